The fourth-order valence-electron chi connectivity index (χ4n) is 2.96. The van der Waals surface area contributed by atoms with Gasteiger partial charge in [-0.15, -0.1) is 0 Å². The van der Waals surface area contributed by atoms with Crippen LogP contribution in [0.25, 0.3) is 0 Å². The molecule has 0 spiro atoms. The Labute approximate surface area is 267 Å². The maximum atomic E-state index is 13.6. The molecule has 32 heteroatoms. The molecule has 2 amide bonds. The highest BCUT2D eigenvalue weighted by Crippen LogP contribution is 2.62. The van der Waals surface area contributed by atoms with Crippen LogP contribution < -0.4 is 0 Å². The number of alkyl halides is 26. The van der Waals surface area contributed by atoms with Crippen molar-refractivity contribution in [3.8, 4) is 0 Å². The van der Waals surface area contributed by atoms with Crippen LogP contribution in [-0.4, -0.2) is 97.0 Å². The van der Waals surface area contributed by atoms with Gasteiger partial charge in [-0.2, -0.15) is 114 Å². The van der Waals surface area contributed by atoms with Crippen LogP contribution in [0.5, 0.6) is 0 Å². The van der Waals surface area contributed by atoms with Gasteiger partial charge in [-0.3, -0.25) is 0 Å². The Balaban J connectivity index is 5.25. The molecule has 0 bridgehead atoms. The van der Waals surface area contributed by atoms with Crippen LogP contribution in [-0.2, 0) is 9.47 Å². The van der Waals surface area contributed by atoms with Gasteiger partial charge in [0, 0.05) is 12.8 Å². The molecule has 0 rings (SSSR count). The molecule has 0 heterocycles. The van der Waals surface area contributed by atoms with Gasteiger partial charge >= 0.3 is 83.8 Å². The third-order valence-corrected chi connectivity index (χ3v) is 5.93. The van der Waals surface area contributed by atoms with Gasteiger partial charge in [0.15, 0.2) is 0 Å². The topological polar surface area (TPSA) is 77.3 Å². The molecule has 0 aromatic heterocycles. The van der Waals surface area contributed by atoms with Crippen molar-refractivity contribution in [2.45, 2.75) is 97.3 Å². The van der Waals surface area contributed by atoms with Gasteiger partial charge in [0.1, 0.15) is 0 Å². The van der Waals surface area contributed by atoms with Crippen LogP contribution in [0.2, 0.25) is 0 Å². The summed E-state index contributed by atoms with van der Waals surface area (Å²) >= 11 is 0. The summed E-state index contributed by atoms with van der Waals surface area (Å²) in [4.78, 5) is 22.3. The lowest BCUT2D eigenvalue weighted by molar-refractivity contribution is -0.440. The predicted octanol–water partition coefficient (Wildman–Crippen LogP) is 10.7. The van der Waals surface area contributed by atoms with Crippen molar-refractivity contribution >= 4 is 12.2 Å². The number of carbonyl (C=O) groups is 2. The van der Waals surface area contributed by atoms with Gasteiger partial charge < -0.3 is 9.47 Å². The van der Waals surface area contributed by atoms with Gasteiger partial charge in [0.05, 0.1) is 13.2 Å². The van der Waals surface area contributed by atoms with E-state index < -0.39 is 123 Å². The molecule has 0 atom stereocenters. The minimum Gasteiger partial charge on any atom is -0.447 e. The standard InChI is InChI=1S/C20H12F26N2O4/c21-9(22,11(25,26)13(29,30)15(33,34)17(37,38)19(41,42)43)3-1-5-51-7(49)47-48-8(50)52-6-2-4-10(23,24)12(27,28)14(31,32)16(35,36)18(39,40)20(44,45)46/h1-6H2. The van der Waals surface area contributed by atoms with Crippen LogP contribution >= 0.6 is 0 Å². The van der Waals surface area contributed by atoms with Crippen molar-refractivity contribution in [3.05, 3.63) is 0 Å². The normalized spacial score (nSPS) is 15.7. The third-order valence-electron chi connectivity index (χ3n) is 5.93. The number of hydrogen-bond acceptors (Lipinski definition) is 4. The van der Waals surface area contributed by atoms with Crippen molar-refractivity contribution < 1.29 is 133 Å². The molecule has 0 N–H and O–H groups in total. The summed E-state index contributed by atoms with van der Waals surface area (Å²) in [5, 5.41) is 4.26. The fourth-order valence-corrected chi connectivity index (χ4v) is 2.96. The first kappa shape index (κ1) is 48.7. The molecule has 6 nitrogen and oxygen atoms in total. The molecule has 0 fully saturated rings. The number of azo groups is 1. The monoisotopic (exact) mass is 838 g/mol. The second-order valence-corrected chi connectivity index (χ2v) is 9.64. The Morgan fingerprint density at radius 3 is 0.769 bits per heavy atom. The number of rotatable bonds is 16. The van der Waals surface area contributed by atoms with Crippen LogP contribution in [0.1, 0.15) is 25.7 Å². The van der Waals surface area contributed by atoms with E-state index in [9.17, 15) is 124 Å². The minimum atomic E-state index is -8.19. The Morgan fingerprint density at radius 1 is 0.346 bits per heavy atom. The molecule has 0 aliphatic rings. The van der Waals surface area contributed by atoms with Crippen molar-refractivity contribution in [1.29, 1.82) is 0 Å². The molecule has 0 unspecified atom stereocenters. The number of halogens is 26. The van der Waals surface area contributed by atoms with E-state index in [1.165, 1.54) is 0 Å². The molecule has 0 aliphatic carbocycles. The highest BCUT2D eigenvalue weighted by Gasteiger charge is 2.92. The number of amides is 2. The lowest BCUT2D eigenvalue weighted by atomic mass is 9.92. The minimum absolute atomic E-state index is 1.73. The van der Waals surface area contributed by atoms with E-state index in [1.807, 2.05) is 0 Å². The van der Waals surface area contributed by atoms with Crippen molar-refractivity contribution in [3.63, 3.8) is 0 Å². The summed E-state index contributed by atoms with van der Waals surface area (Å²) in [5.41, 5.74) is 0. The highest BCUT2D eigenvalue weighted by atomic mass is 19.4. The highest BCUT2D eigenvalue weighted by molar-refractivity contribution is 5.73. The fraction of sp³-hybridized carbons (Fsp3) is 0.900. The maximum Gasteiger partial charge on any atom is 0.460 e. The summed E-state index contributed by atoms with van der Waals surface area (Å²) in [6, 6.07) is 0. The Kier molecular flexibility index (Phi) is 13.6. The second kappa shape index (κ2) is 14.5. The van der Waals surface area contributed by atoms with E-state index in [0.29, 0.717) is 0 Å². The number of hydrogen-bond donors (Lipinski definition) is 0. The average molecular weight is 838 g/mol. The first-order chi connectivity index (χ1) is 22.5. The van der Waals surface area contributed by atoms with Crippen LogP contribution in [0, 0.1) is 0 Å². The van der Waals surface area contributed by atoms with E-state index >= 15 is 0 Å². The van der Waals surface area contributed by atoms with E-state index in [2.05, 4.69) is 19.7 Å². The van der Waals surface area contributed by atoms with E-state index in [1.54, 1.807) is 0 Å². The molecular formula is C20H12F26N2O4. The molecule has 0 saturated carbocycles. The van der Waals surface area contributed by atoms with Gasteiger partial charge in [-0.25, -0.2) is 9.59 Å². The molecular weight excluding hydrogens is 826 g/mol. The first-order valence-corrected chi connectivity index (χ1v) is 12.2. The Hall–Kier alpha value is -3.28. The van der Waals surface area contributed by atoms with E-state index in [-0.39, 0.29) is 0 Å². The number of carbonyl (C=O) groups excluding carboxylic acids is 2. The predicted molar refractivity (Wildman–Crippen MR) is 108 cm³/mol. The SMILES string of the molecule is O=C(N=NC(=O)OCCCC(F)(F)C(F)(F)C(F)(F)C(F)(F)C(F)(F)C(F)(F)F)OCCCC(F)(F)C(F)(F)C(F)(F)C(F)(F)C(F)(F)C(F)(F)F. The number of ether oxygens (including phenoxy) is 2. The van der Waals surface area contributed by atoms with Gasteiger partial charge in [0.2, 0.25) is 0 Å². The quantitative estimate of drug-likeness (QED) is 0.0881. The summed E-state index contributed by atoms with van der Waals surface area (Å²) in [6.45, 7) is -3.47. The smallest absolute Gasteiger partial charge is 0.447 e. The zero-order valence-electron chi connectivity index (χ0n) is 23.6. The summed E-state index contributed by atoms with van der Waals surface area (Å²) in [6.07, 6.45) is -29.3. The molecule has 308 valence electrons. The lowest BCUT2D eigenvalue weighted by Gasteiger charge is -2.39. The largest absolute Gasteiger partial charge is 0.460 e. The van der Waals surface area contributed by atoms with Crippen LogP contribution in [0.15, 0.2) is 10.2 Å². The zero-order valence-corrected chi connectivity index (χ0v) is 23.6. The van der Waals surface area contributed by atoms with Crippen molar-refractivity contribution in [2.75, 3.05) is 13.2 Å². The molecule has 0 aromatic carbocycles. The lowest BCUT2D eigenvalue weighted by Crippen LogP contribution is -2.70. The van der Waals surface area contributed by atoms with E-state index in [4.69, 9.17) is 0 Å². The molecule has 0 radical (unpaired) electrons. The van der Waals surface area contributed by atoms with Crippen LogP contribution in [0.4, 0.5) is 124 Å². The zero-order chi connectivity index (χ0) is 42.2. The second-order valence-electron chi connectivity index (χ2n) is 9.64. The van der Waals surface area contributed by atoms with Crippen molar-refractivity contribution in [1.82, 2.24) is 0 Å². The molecule has 52 heavy (non-hydrogen) atoms. The summed E-state index contributed by atoms with van der Waals surface area (Å²) in [7, 11) is 0. The van der Waals surface area contributed by atoms with Crippen LogP contribution in [0.3, 0.4) is 0 Å². The molecule has 0 aliphatic heterocycles. The van der Waals surface area contributed by atoms with E-state index in [0.717, 1.165) is 0 Å². The number of nitrogens with zero attached hydrogens (tertiary/aromatic N) is 2. The van der Waals surface area contributed by atoms with Crippen molar-refractivity contribution in [2.24, 2.45) is 10.2 Å². The third kappa shape index (κ3) is 8.42. The maximum absolute atomic E-state index is 13.6. The summed E-state index contributed by atoms with van der Waals surface area (Å²) < 4.78 is 346. The summed E-state index contributed by atoms with van der Waals surface area (Å²) in [5.74, 6) is -77.1. The van der Waals surface area contributed by atoms with Gasteiger partial charge in [-0.05, 0) is 12.8 Å². The average Bonchev–Trinajstić information content (AvgIpc) is 2.94. The molecule has 0 saturated heterocycles. The first-order valence-electron chi connectivity index (χ1n) is 12.2. The molecule has 0 aromatic rings. The van der Waals surface area contributed by atoms with Gasteiger partial charge in [0.25, 0.3) is 0 Å². The Morgan fingerprint density at radius 2 is 0.558 bits per heavy atom. The Bertz CT molecular complexity index is 1190. The van der Waals surface area contributed by atoms with Gasteiger partial charge in [-0.1, -0.05) is 10.2 Å².